The summed E-state index contributed by atoms with van der Waals surface area (Å²) in [6.07, 6.45) is 2.39. The number of thiophene rings is 1. The van der Waals surface area contributed by atoms with Gasteiger partial charge in [0, 0.05) is 25.3 Å². The van der Waals surface area contributed by atoms with Crippen molar-refractivity contribution in [3.05, 3.63) is 21.9 Å². The highest BCUT2D eigenvalue weighted by molar-refractivity contribution is 7.12. The van der Waals surface area contributed by atoms with Crippen LogP contribution in [0.5, 0.6) is 0 Å². The van der Waals surface area contributed by atoms with E-state index in [1.165, 1.54) is 24.2 Å². The first-order chi connectivity index (χ1) is 10.2. The van der Waals surface area contributed by atoms with E-state index in [2.05, 4.69) is 18.8 Å². The topological polar surface area (TPSA) is 49.8 Å². The first-order valence-electron chi connectivity index (χ1n) is 7.16. The maximum atomic E-state index is 12.8. The van der Waals surface area contributed by atoms with Crippen LogP contribution in [0.15, 0.2) is 11.4 Å². The number of ether oxygens (including phenoxy) is 1. The second kappa shape index (κ2) is 7.60. The molecule has 1 aromatic heterocycles. The lowest BCUT2D eigenvalue weighted by Gasteiger charge is -2.29. The average Bonchev–Trinajstić information content (AvgIpc) is 3.23. The Bertz CT molecular complexity index is 539. The second-order valence-electron chi connectivity index (χ2n) is 5.19. The monoisotopic (exact) mass is 307 g/mol. The van der Waals surface area contributed by atoms with Gasteiger partial charge in [0.25, 0.3) is 5.91 Å². The van der Waals surface area contributed by atoms with Gasteiger partial charge >= 0.3 is 0 Å². The molecule has 0 radical (unpaired) electrons. The van der Waals surface area contributed by atoms with Gasteiger partial charge in [0.2, 0.25) is 0 Å². The maximum Gasteiger partial charge on any atom is 0.265 e. The van der Waals surface area contributed by atoms with E-state index in [0.717, 1.165) is 0 Å². The number of carbonyl (C=O) groups is 1. The third-order valence-electron chi connectivity index (χ3n) is 3.75. The van der Waals surface area contributed by atoms with Gasteiger partial charge in [-0.05, 0) is 37.1 Å². The molecule has 1 heterocycles. The number of rotatable bonds is 6. The fourth-order valence-electron chi connectivity index (χ4n) is 2.35. The molecule has 0 bridgehead atoms. The molecule has 0 spiro atoms. The van der Waals surface area contributed by atoms with E-state index in [-0.39, 0.29) is 18.6 Å². The van der Waals surface area contributed by atoms with Gasteiger partial charge in [-0.1, -0.05) is 11.8 Å². The Hall–Kier alpha value is -1.35. The molecule has 1 saturated carbocycles. The van der Waals surface area contributed by atoms with Gasteiger partial charge in [-0.25, -0.2) is 0 Å². The van der Waals surface area contributed by atoms with Crippen LogP contribution < -0.4 is 0 Å². The molecule has 0 saturated heterocycles. The summed E-state index contributed by atoms with van der Waals surface area (Å²) in [6.45, 7) is 3.04. The number of aliphatic hydroxyl groups excluding tert-OH is 1. The van der Waals surface area contributed by atoms with Gasteiger partial charge in [-0.3, -0.25) is 4.79 Å². The second-order valence-corrected chi connectivity index (χ2v) is 6.11. The number of carbonyl (C=O) groups excluding carboxylic acids is 1. The molecule has 2 rings (SSSR count). The van der Waals surface area contributed by atoms with Crippen LogP contribution in [0.4, 0.5) is 0 Å². The fourth-order valence-corrected chi connectivity index (χ4v) is 3.16. The van der Waals surface area contributed by atoms with E-state index in [1.54, 1.807) is 7.11 Å². The molecule has 1 aliphatic rings. The zero-order valence-electron chi connectivity index (χ0n) is 12.5. The Morgan fingerprint density at radius 3 is 3.00 bits per heavy atom. The molecule has 1 amide bonds. The molecule has 1 aromatic rings. The molecule has 0 aromatic carbocycles. The van der Waals surface area contributed by atoms with Gasteiger partial charge in [-0.15, -0.1) is 11.3 Å². The van der Waals surface area contributed by atoms with Crippen molar-refractivity contribution >= 4 is 17.2 Å². The molecular weight excluding hydrogens is 286 g/mol. The minimum absolute atomic E-state index is 0.0173. The highest BCUT2D eigenvalue weighted by atomic mass is 32.1. The van der Waals surface area contributed by atoms with Gasteiger partial charge in [0.15, 0.2) is 0 Å². The molecule has 114 valence electrons. The van der Waals surface area contributed by atoms with E-state index in [9.17, 15) is 4.79 Å². The Balaban J connectivity index is 2.18. The Morgan fingerprint density at radius 1 is 1.62 bits per heavy atom. The summed E-state index contributed by atoms with van der Waals surface area (Å²) in [5, 5.41) is 10.7. The fraction of sp³-hybridized carbons (Fsp3) is 0.562. The molecule has 1 fully saturated rings. The van der Waals surface area contributed by atoms with E-state index in [1.807, 2.05) is 16.3 Å². The number of hydrogen-bond acceptors (Lipinski definition) is 4. The minimum Gasteiger partial charge on any atom is -0.384 e. The van der Waals surface area contributed by atoms with Crippen molar-refractivity contribution in [2.75, 3.05) is 26.9 Å². The van der Waals surface area contributed by atoms with Crippen molar-refractivity contribution in [2.24, 2.45) is 5.92 Å². The van der Waals surface area contributed by atoms with Crippen molar-refractivity contribution in [2.45, 2.75) is 25.8 Å². The molecular formula is C16H21NO3S. The zero-order chi connectivity index (χ0) is 15.2. The Kier molecular flexibility index (Phi) is 5.80. The van der Waals surface area contributed by atoms with Gasteiger partial charge in [-0.2, -0.15) is 0 Å². The van der Waals surface area contributed by atoms with Crippen LogP contribution in [-0.2, 0) is 4.74 Å². The summed E-state index contributed by atoms with van der Waals surface area (Å²) in [4.78, 5) is 15.4. The normalized spacial score (nSPS) is 15.2. The summed E-state index contributed by atoms with van der Waals surface area (Å²) >= 11 is 1.40. The van der Waals surface area contributed by atoms with Crippen LogP contribution in [0.1, 0.15) is 35.0 Å². The van der Waals surface area contributed by atoms with Gasteiger partial charge < -0.3 is 14.7 Å². The molecule has 1 unspecified atom stereocenters. The summed E-state index contributed by atoms with van der Waals surface area (Å²) < 4.78 is 5.13. The lowest BCUT2D eigenvalue weighted by Crippen LogP contribution is -2.41. The van der Waals surface area contributed by atoms with Crippen LogP contribution in [-0.4, -0.2) is 48.8 Å². The molecule has 21 heavy (non-hydrogen) atoms. The van der Waals surface area contributed by atoms with Gasteiger partial charge in [0.1, 0.15) is 11.5 Å². The number of aliphatic hydroxyl groups is 1. The molecule has 1 aliphatic carbocycles. The van der Waals surface area contributed by atoms with Crippen molar-refractivity contribution in [1.29, 1.82) is 0 Å². The Morgan fingerprint density at radius 2 is 2.38 bits per heavy atom. The van der Waals surface area contributed by atoms with E-state index in [4.69, 9.17) is 9.84 Å². The maximum absolute atomic E-state index is 12.8. The molecule has 1 N–H and O–H groups in total. The van der Waals surface area contributed by atoms with Crippen molar-refractivity contribution in [1.82, 2.24) is 4.90 Å². The van der Waals surface area contributed by atoms with Crippen LogP contribution >= 0.6 is 11.3 Å². The predicted molar refractivity (Wildman–Crippen MR) is 83.4 cm³/mol. The summed E-state index contributed by atoms with van der Waals surface area (Å²) in [6, 6.07) is 2.06. The molecule has 0 aliphatic heterocycles. The highest BCUT2D eigenvalue weighted by Crippen LogP contribution is 2.36. The van der Waals surface area contributed by atoms with Crippen molar-refractivity contribution in [3.63, 3.8) is 0 Å². The smallest absolute Gasteiger partial charge is 0.265 e. The van der Waals surface area contributed by atoms with Crippen molar-refractivity contribution < 1.29 is 14.6 Å². The lowest BCUT2D eigenvalue weighted by atomic mass is 10.1. The van der Waals surface area contributed by atoms with Crippen LogP contribution in [0, 0.1) is 17.8 Å². The third kappa shape index (κ3) is 4.07. The van der Waals surface area contributed by atoms with Crippen molar-refractivity contribution in [3.8, 4) is 11.8 Å². The Labute approximate surface area is 129 Å². The first kappa shape index (κ1) is 16.0. The van der Waals surface area contributed by atoms with Crippen LogP contribution in [0.2, 0.25) is 0 Å². The zero-order valence-corrected chi connectivity index (χ0v) is 13.3. The number of amides is 1. The SMILES string of the molecule is COCCN(C(=O)c1sccc1C#CCO)C(C)C1CC1. The molecule has 1 atom stereocenters. The standard InChI is InChI=1S/C16H21NO3S/c1-12(13-5-6-13)17(8-10-20-2)16(19)15-14(4-3-9-18)7-11-21-15/h7,11-13,18H,5-6,8-10H2,1-2H3. The van der Waals surface area contributed by atoms with E-state index >= 15 is 0 Å². The number of hydrogen-bond donors (Lipinski definition) is 1. The molecule has 4 nitrogen and oxygen atoms in total. The number of nitrogens with zero attached hydrogens (tertiary/aromatic N) is 1. The highest BCUT2D eigenvalue weighted by Gasteiger charge is 2.35. The predicted octanol–water partition coefficient (Wildman–Crippen LogP) is 1.98. The minimum atomic E-state index is -0.199. The summed E-state index contributed by atoms with van der Waals surface area (Å²) in [7, 11) is 1.65. The van der Waals surface area contributed by atoms with Crippen LogP contribution in [0.3, 0.4) is 0 Å². The van der Waals surface area contributed by atoms with E-state index < -0.39 is 0 Å². The van der Waals surface area contributed by atoms with Gasteiger partial charge in [0.05, 0.1) is 6.61 Å². The summed E-state index contributed by atoms with van der Waals surface area (Å²) in [5.74, 6) is 6.09. The average molecular weight is 307 g/mol. The third-order valence-corrected chi connectivity index (χ3v) is 4.66. The number of methoxy groups -OCH3 is 1. The summed E-state index contributed by atoms with van der Waals surface area (Å²) in [5.41, 5.74) is 0.699. The largest absolute Gasteiger partial charge is 0.384 e. The molecule has 5 heteroatoms. The lowest BCUT2D eigenvalue weighted by molar-refractivity contribution is 0.0599. The first-order valence-corrected chi connectivity index (χ1v) is 8.04. The van der Waals surface area contributed by atoms with E-state index in [0.29, 0.717) is 29.5 Å². The van der Waals surface area contributed by atoms with Crippen LogP contribution in [0.25, 0.3) is 0 Å². The quantitative estimate of drug-likeness (QED) is 0.818.